The molecule has 154 valence electrons. The number of halogens is 1. The van der Waals surface area contributed by atoms with Crippen LogP contribution >= 0.6 is 0 Å². The highest BCUT2D eigenvalue weighted by Crippen LogP contribution is 2.46. The molecule has 3 heterocycles. The first kappa shape index (κ1) is 19.3. The third kappa shape index (κ3) is 3.04. The number of nitrogens with zero attached hydrogens (tertiary/aromatic N) is 3. The summed E-state index contributed by atoms with van der Waals surface area (Å²) in [6.45, 7) is 3.74. The highest BCUT2D eigenvalue weighted by atomic mass is 32.2. The molecule has 2 aliphatic rings. The number of aromatic nitrogens is 2. The second-order valence-electron chi connectivity index (χ2n) is 8.16. The van der Waals surface area contributed by atoms with Crippen molar-refractivity contribution >= 4 is 10.0 Å². The van der Waals surface area contributed by atoms with Crippen LogP contribution in [-0.2, 0) is 16.4 Å². The van der Waals surface area contributed by atoms with E-state index in [4.69, 9.17) is 4.98 Å². The monoisotopic (exact) mass is 423 g/mol. The molecule has 0 spiro atoms. The zero-order valence-electron chi connectivity index (χ0n) is 16.8. The van der Waals surface area contributed by atoms with Crippen LogP contribution in [0.2, 0.25) is 0 Å². The fourth-order valence-corrected chi connectivity index (χ4v) is 6.80. The minimum absolute atomic E-state index is 0.108. The van der Waals surface area contributed by atoms with Crippen molar-refractivity contribution in [3.05, 3.63) is 76.9 Å². The van der Waals surface area contributed by atoms with E-state index in [1.54, 1.807) is 28.7 Å². The van der Waals surface area contributed by atoms with Crippen LogP contribution in [0, 0.1) is 19.7 Å². The van der Waals surface area contributed by atoms with Gasteiger partial charge in [0.1, 0.15) is 5.82 Å². The van der Waals surface area contributed by atoms with E-state index in [9.17, 15) is 12.8 Å². The van der Waals surface area contributed by atoms with Crippen molar-refractivity contribution in [2.75, 3.05) is 0 Å². The molecule has 2 aromatic carbocycles. The number of hydrogen-bond donors (Lipinski definition) is 0. The van der Waals surface area contributed by atoms with Crippen LogP contribution in [0.1, 0.15) is 41.3 Å². The molecule has 7 heteroatoms. The van der Waals surface area contributed by atoms with E-state index in [1.165, 1.54) is 12.1 Å². The Kier molecular flexibility index (Phi) is 4.48. The van der Waals surface area contributed by atoms with Crippen molar-refractivity contribution in [2.45, 2.75) is 50.1 Å². The van der Waals surface area contributed by atoms with E-state index in [0.29, 0.717) is 17.1 Å². The SMILES string of the molecule is Cc1ccc(C)c(S(=O)(=O)N2C3CCC2c2cnc(-c4ccc(F)cc4)nc2C3)c1. The van der Waals surface area contributed by atoms with Gasteiger partial charge in [-0.05, 0) is 68.1 Å². The minimum Gasteiger partial charge on any atom is -0.236 e. The van der Waals surface area contributed by atoms with Crippen LogP contribution in [0.25, 0.3) is 11.4 Å². The van der Waals surface area contributed by atoms with Crippen LogP contribution in [0.4, 0.5) is 4.39 Å². The predicted octanol–water partition coefficient (Wildman–Crippen LogP) is 4.35. The normalized spacial score (nSPS) is 20.9. The highest BCUT2D eigenvalue weighted by Gasteiger charge is 2.47. The van der Waals surface area contributed by atoms with E-state index < -0.39 is 10.0 Å². The van der Waals surface area contributed by atoms with Gasteiger partial charge in [-0.25, -0.2) is 22.8 Å². The topological polar surface area (TPSA) is 63.2 Å². The lowest BCUT2D eigenvalue weighted by atomic mass is 10.0. The summed E-state index contributed by atoms with van der Waals surface area (Å²) >= 11 is 0. The molecule has 30 heavy (non-hydrogen) atoms. The Morgan fingerprint density at radius 1 is 1.07 bits per heavy atom. The third-order valence-electron chi connectivity index (χ3n) is 6.13. The molecule has 1 aromatic heterocycles. The van der Waals surface area contributed by atoms with E-state index in [-0.39, 0.29) is 17.9 Å². The summed E-state index contributed by atoms with van der Waals surface area (Å²) in [6.07, 6.45) is 3.88. The lowest BCUT2D eigenvalue weighted by molar-refractivity contribution is 0.300. The van der Waals surface area contributed by atoms with Crippen molar-refractivity contribution in [2.24, 2.45) is 0 Å². The van der Waals surface area contributed by atoms with Gasteiger partial charge in [-0.15, -0.1) is 0 Å². The minimum atomic E-state index is -3.62. The molecule has 2 bridgehead atoms. The Hall–Kier alpha value is -2.64. The van der Waals surface area contributed by atoms with Gasteiger partial charge in [-0.2, -0.15) is 4.31 Å². The van der Waals surface area contributed by atoms with E-state index in [1.807, 2.05) is 26.0 Å². The van der Waals surface area contributed by atoms with Gasteiger partial charge in [-0.3, -0.25) is 0 Å². The predicted molar refractivity (Wildman–Crippen MR) is 112 cm³/mol. The molecule has 0 saturated carbocycles. The molecule has 0 N–H and O–H groups in total. The first-order valence-electron chi connectivity index (χ1n) is 10.1. The molecule has 0 radical (unpaired) electrons. The number of benzene rings is 2. The molecular formula is C23H22FN3O2S. The summed E-state index contributed by atoms with van der Waals surface area (Å²) in [5, 5.41) is 0. The van der Waals surface area contributed by atoms with Gasteiger partial charge in [0.05, 0.1) is 16.6 Å². The largest absolute Gasteiger partial charge is 0.244 e. The van der Waals surface area contributed by atoms with Crippen LogP contribution in [0.3, 0.4) is 0 Å². The quantitative estimate of drug-likeness (QED) is 0.628. The molecule has 5 nitrogen and oxygen atoms in total. The lowest BCUT2D eigenvalue weighted by Crippen LogP contribution is -2.42. The lowest BCUT2D eigenvalue weighted by Gasteiger charge is -2.35. The van der Waals surface area contributed by atoms with Crippen LogP contribution in [-0.4, -0.2) is 28.7 Å². The van der Waals surface area contributed by atoms with Gasteiger partial charge in [0.15, 0.2) is 5.82 Å². The maximum atomic E-state index is 13.6. The zero-order chi connectivity index (χ0) is 21.0. The molecular weight excluding hydrogens is 401 g/mol. The van der Waals surface area contributed by atoms with Gasteiger partial charge >= 0.3 is 0 Å². The summed E-state index contributed by atoms with van der Waals surface area (Å²) in [6, 6.07) is 11.3. The van der Waals surface area contributed by atoms with Crippen LogP contribution in [0.5, 0.6) is 0 Å². The molecule has 1 fully saturated rings. The molecule has 0 aliphatic carbocycles. The third-order valence-corrected chi connectivity index (χ3v) is 8.23. The first-order chi connectivity index (χ1) is 14.3. The van der Waals surface area contributed by atoms with Crippen molar-refractivity contribution in [1.29, 1.82) is 0 Å². The van der Waals surface area contributed by atoms with E-state index >= 15 is 0 Å². The molecule has 2 unspecified atom stereocenters. The number of fused-ring (bicyclic) bond motifs is 4. The summed E-state index contributed by atoms with van der Waals surface area (Å²) in [4.78, 5) is 9.58. The summed E-state index contributed by atoms with van der Waals surface area (Å²) in [5.41, 5.74) is 4.20. The fraction of sp³-hybridized carbons (Fsp3) is 0.304. The van der Waals surface area contributed by atoms with Gasteiger partial charge in [-0.1, -0.05) is 12.1 Å². The molecule has 2 atom stereocenters. The molecule has 5 rings (SSSR count). The molecule has 1 saturated heterocycles. The smallest absolute Gasteiger partial charge is 0.236 e. The number of sulfonamides is 1. The maximum Gasteiger partial charge on any atom is 0.244 e. The van der Waals surface area contributed by atoms with Crippen molar-refractivity contribution in [1.82, 2.24) is 14.3 Å². The first-order valence-corrected chi connectivity index (χ1v) is 11.5. The maximum absolute atomic E-state index is 13.6. The van der Waals surface area contributed by atoms with E-state index in [0.717, 1.165) is 40.8 Å². The van der Waals surface area contributed by atoms with Crippen LogP contribution in [0.15, 0.2) is 53.6 Å². The summed E-state index contributed by atoms with van der Waals surface area (Å²) < 4.78 is 42.1. The van der Waals surface area contributed by atoms with Gasteiger partial charge < -0.3 is 0 Å². The Morgan fingerprint density at radius 2 is 1.83 bits per heavy atom. The summed E-state index contributed by atoms with van der Waals surface area (Å²) in [5.74, 6) is 0.237. The Bertz CT molecular complexity index is 1240. The van der Waals surface area contributed by atoms with E-state index in [2.05, 4.69) is 4.98 Å². The molecule has 3 aromatic rings. The Morgan fingerprint density at radius 3 is 2.60 bits per heavy atom. The van der Waals surface area contributed by atoms with Gasteiger partial charge in [0, 0.05) is 29.8 Å². The second-order valence-corrected chi connectivity index (χ2v) is 9.97. The standard InChI is InChI=1S/C23H22FN3O2S/c1-14-3-4-15(2)22(11-14)30(28,29)27-18-9-10-21(27)19-13-25-23(26-20(19)12-18)16-5-7-17(24)8-6-16/h3-8,11,13,18,21H,9-10,12H2,1-2H3. The van der Waals surface area contributed by atoms with Crippen LogP contribution < -0.4 is 0 Å². The van der Waals surface area contributed by atoms with Gasteiger partial charge in [0.25, 0.3) is 0 Å². The highest BCUT2D eigenvalue weighted by molar-refractivity contribution is 7.89. The Balaban J connectivity index is 1.54. The van der Waals surface area contributed by atoms with Crippen molar-refractivity contribution in [3.63, 3.8) is 0 Å². The summed E-state index contributed by atoms with van der Waals surface area (Å²) in [7, 11) is -3.62. The van der Waals surface area contributed by atoms with Crippen molar-refractivity contribution in [3.8, 4) is 11.4 Å². The average molecular weight is 424 g/mol. The Labute approximate surface area is 175 Å². The average Bonchev–Trinajstić information content (AvgIpc) is 3.06. The second kappa shape index (κ2) is 6.96. The molecule has 0 amide bonds. The zero-order valence-corrected chi connectivity index (χ0v) is 17.7. The number of hydrogen-bond acceptors (Lipinski definition) is 4. The van der Waals surface area contributed by atoms with Crippen molar-refractivity contribution < 1.29 is 12.8 Å². The molecule has 2 aliphatic heterocycles. The fourth-order valence-electron chi connectivity index (χ4n) is 4.64. The van der Waals surface area contributed by atoms with Gasteiger partial charge in [0.2, 0.25) is 10.0 Å². The number of aryl methyl sites for hydroxylation is 2. The number of rotatable bonds is 3.